The highest BCUT2D eigenvalue weighted by atomic mass is 19.1. The van der Waals surface area contributed by atoms with Gasteiger partial charge in [0, 0.05) is 23.7 Å². The summed E-state index contributed by atoms with van der Waals surface area (Å²) in [4.78, 5) is 11.7. The first kappa shape index (κ1) is 16.4. The zero-order valence-electron chi connectivity index (χ0n) is 12.7. The van der Waals surface area contributed by atoms with Gasteiger partial charge in [-0.25, -0.2) is 4.39 Å². The molecule has 0 spiro atoms. The van der Waals surface area contributed by atoms with Crippen LogP contribution in [0.3, 0.4) is 0 Å². The van der Waals surface area contributed by atoms with Crippen LogP contribution in [0.1, 0.15) is 39.3 Å². The molecule has 0 fully saturated rings. The molecule has 0 saturated heterocycles. The number of halogens is 1. The monoisotopic (exact) mass is 282 g/mol. The third kappa shape index (κ3) is 4.49. The van der Waals surface area contributed by atoms with E-state index in [2.05, 4.69) is 10.6 Å². The van der Waals surface area contributed by atoms with Crippen LogP contribution in [0, 0.1) is 5.82 Å². The lowest BCUT2D eigenvalue weighted by Crippen LogP contribution is -2.40. The molecule has 0 radical (unpaired) electrons. The van der Waals surface area contributed by atoms with E-state index < -0.39 is 6.10 Å². The van der Waals surface area contributed by atoms with Crippen molar-refractivity contribution in [3.05, 3.63) is 29.6 Å². The van der Waals surface area contributed by atoms with Gasteiger partial charge >= 0.3 is 0 Å². The number of hydrogen-bond acceptors (Lipinski definition) is 3. The minimum absolute atomic E-state index is 0.0455. The van der Waals surface area contributed by atoms with Crippen LogP contribution in [-0.4, -0.2) is 25.1 Å². The standard InChI is InChI=1S/C15H23FN2O2/c1-9(2)18-15(19)11(4)20-12-6-7-13(10(3)17-5)14(16)8-12/h6-11,17H,1-5H3,(H,18,19). The van der Waals surface area contributed by atoms with Gasteiger partial charge < -0.3 is 15.4 Å². The molecule has 0 aliphatic heterocycles. The predicted octanol–water partition coefficient (Wildman–Crippen LogP) is 2.40. The SMILES string of the molecule is CNC(C)c1ccc(OC(C)C(=O)NC(C)C)cc1F. The molecule has 0 aliphatic carbocycles. The second kappa shape index (κ2) is 7.24. The maximum Gasteiger partial charge on any atom is 0.260 e. The Morgan fingerprint density at radius 3 is 2.40 bits per heavy atom. The Morgan fingerprint density at radius 2 is 1.90 bits per heavy atom. The van der Waals surface area contributed by atoms with Crippen LogP contribution in [0.2, 0.25) is 0 Å². The van der Waals surface area contributed by atoms with Crippen molar-refractivity contribution in [3.8, 4) is 5.75 Å². The van der Waals surface area contributed by atoms with Crippen molar-refractivity contribution in [3.63, 3.8) is 0 Å². The minimum Gasteiger partial charge on any atom is -0.481 e. The molecule has 5 heteroatoms. The highest BCUT2D eigenvalue weighted by Gasteiger charge is 2.16. The summed E-state index contributed by atoms with van der Waals surface area (Å²) in [6.07, 6.45) is -0.663. The Hall–Kier alpha value is -1.62. The second-order valence-electron chi connectivity index (χ2n) is 5.12. The number of benzene rings is 1. The fourth-order valence-corrected chi connectivity index (χ4v) is 1.75. The van der Waals surface area contributed by atoms with Gasteiger partial charge in [-0.15, -0.1) is 0 Å². The highest BCUT2D eigenvalue weighted by Crippen LogP contribution is 2.22. The molecular weight excluding hydrogens is 259 g/mol. The van der Waals surface area contributed by atoms with E-state index in [9.17, 15) is 9.18 Å². The molecule has 2 N–H and O–H groups in total. The topological polar surface area (TPSA) is 50.4 Å². The van der Waals surface area contributed by atoms with Crippen LogP contribution in [0.15, 0.2) is 18.2 Å². The fourth-order valence-electron chi connectivity index (χ4n) is 1.75. The van der Waals surface area contributed by atoms with E-state index in [4.69, 9.17) is 4.74 Å². The zero-order chi connectivity index (χ0) is 15.3. The molecule has 4 nitrogen and oxygen atoms in total. The average molecular weight is 282 g/mol. The van der Waals surface area contributed by atoms with Crippen LogP contribution in [-0.2, 0) is 4.79 Å². The summed E-state index contributed by atoms with van der Waals surface area (Å²) in [5.41, 5.74) is 0.569. The number of nitrogens with one attached hydrogen (secondary N) is 2. The first-order chi connectivity index (χ1) is 9.35. The van der Waals surface area contributed by atoms with E-state index >= 15 is 0 Å². The van der Waals surface area contributed by atoms with Crippen LogP contribution in [0.5, 0.6) is 5.75 Å². The van der Waals surface area contributed by atoms with Gasteiger partial charge in [-0.05, 0) is 40.8 Å². The Kier molecular flexibility index (Phi) is 5.95. The zero-order valence-corrected chi connectivity index (χ0v) is 12.7. The largest absolute Gasteiger partial charge is 0.481 e. The lowest BCUT2D eigenvalue weighted by atomic mass is 10.1. The van der Waals surface area contributed by atoms with E-state index in [-0.39, 0.29) is 23.8 Å². The summed E-state index contributed by atoms with van der Waals surface area (Å²) in [6, 6.07) is 4.61. The van der Waals surface area contributed by atoms with Gasteiger partial charge in [0.15, 0.2) is 6.10 Å². The third-order valence-corrected chi connectivity index (χ3v) is 2.98. The minimum atomic E-state index is -0.663. The van der Waals surface area contributed by atoms with Crippen LogP contribution in [0.25, 0.3) is 0 Å². The molecule has 1 amide bonds. The molecule has 1 rings (SSSR count). The normalized spacial score (nSPS) is 13.9. The fraction of sp³-hybridized carbons (Fsp3) is 0.533. The summed E-state index contributed by atoms with van der Waals surface area (Å²) in [5, 5.41) is 5.73. The first-order valence-electron chi connectivity index (χ1n) is 6.79. The smallest absolute Gasteiger partial charge is 0.260 e. The number of amides is 1. The maximum atomic E-state index is 13.9. The second-order valence-corrected chi connectivity index (χ2v) is 5.12. The summed E-state index contributed by atoms with van der Waals surface area (Å²) >= 11 is 0. The van der Waals surface area contributed by atoms with Gasteiger partial charge in [0.1, 0.15) is 11.6 Å². The molecule has 2 unspecified atom stereocenters. The molecule has 1 aromatic carbocycles. The van der Waals surface area contributed by atoms with Crippen molar-refractivity contribution in [2.75, 3.05) is 7.05 Å². The number of carbonyl (C=O) groups is 1. The van der Waals surface area contributed by atoms with Gasteiger partial charge in [0.05, 0.1) is 0 Å². The summed E-state index contributed by atoms with van der Waals surface area (Å²) < 4.78 is 19.4. The predicted molar refractivity (Wildman–Crippen MR) is 77.2 cm³/mol. The average Bonchev–Trinajstić information content (AvgIpc) is 2.37. The Bertz CT molecular complexity index is 463. The number of rotatable bonds is 6. The molecule has 0 aromatic heterocycles. The molecule has 0 aliphatic rings. The first-order valence-corrected chi connectivity index (χ1v) is 6.79. The van der Waals surface area contributed by atoms with Crippen molar-refractivity contribution < 1.29 is 13.9 Å². The Balaban J connectivity index is 2.74. The number of hydrogen-bond donors (Lipinski definition) is 2. The van der Waals surface area contributed by atoms with E-state index in [1.807, 2.05) is 20.8 Å². The molecule has 112 valence electrons. The number of ether oxygens (including phenoxy) is 1. The summed E-state index contributed by atoms with van der Waals surface area (Å²) in [6.45, 7) is 7.26. The molecule has 0 bridgehead atoms. The lowest BCUT2D eigenvalue weighted by molar-refractivity contribution is -0.127. The lowest BCUT2D eigenvalue weighted by Gasteiger charge is -2.17. The van der Waals surface area contributed by atoms with Crippen molar-refractivity contribution in [1.29, 1.82) is 0 Å². The van der Waals surface area contributed by atoms with Gasteiger partial charge in [0.2, 0.25) is 0 Å². The van der Waals surface area contributed by atoms with Gasteiger partial charge in [-0.3, -0.25) is 4.79 Å². The van der Waals surface area contributed by atoms with Gasteiger partial charge in [-0.1, -0.05) is 6.07 Å². The van der Waals surface area contributed by atoms with Crippen molar-refractivity contribution in [2.24, 2.45) is 0 Å². The van der Waals surface area contributed by atoms with E-state index in [0.29, 0.717) is 11.3 Å². The van der Waals surface area contributed by atoms with Crippen LogP contribution in [0.4, 0.5) is 4.39 Å². The Labute approximate surface area is 119 Å². The molecule has 0 heterocycles. The molecule has 20 heavy (non-hydrogen) atoms. The molecule has 1 aromatic rings. The maximum absolute atomic E-state index is 13.9. The van der Waals surface area contributed by atoms with Crippen molar-refractivity contribution in [2.45, 2.75) is 45.9 Å². The molecule has 2 atom stereocenters. The van der Waals surface area contributed by atoms with Crippen LogP contribution < -0.4 is 15.4 Å². The van der Waals surface area contributed by atoms with E-state index in [1.54, 1.807) is 26.1 Å². The quantitative estimate of drug-likeness (QED) is 0.842. The molecular formula is C15H23FN2O2. The number of carbonyl (C=O) groups excluding carboxylic acids is 1. The Morgan fingerprint density at radius 1 is 1.25 bits per heavy atom. The third-order valence-electron chi connectivity index (χ3n) is 2.98. The van der Waals surface area contributed by atoms with E-state index in [1.165, 1.54) is 6.07 Å². The van der Waals surface area contributed by atoms with Crippen molar-refractivity contribution >= 4 is 5.91 Å². The van der Waals surface area contributed by atoms with E-state index in [0.717, 1.165) is 0 Å². The van der Waals surface area contributed by atoms with Crippen molar-refractivity contribution in [1.82, 2.24) is 10.6 Å². The summed E-state index contributed by atoms with van der Waals surface area (Å²) in [7, 11) is 1.77. The van der Waals surface area contributed by atoms with Gasteiger partial charge in [-0.2, -0.15) is 0 Å². The van der Waals surface area contributed by atoms with Crippen LogP contribution >= 0.6 is 0 Å². The van der Waals surface area contributed by atoms with Gasteiger partial charge in [0.25, 0.3) is 5.91 Å². The summed E-state index contributed by atoms with van der Waals surface area (Å²) in [5.74, 6) is -0.213. The molecule has 0 saturated carbocycles. The highest BCUT2D eigenvalue weighted by molar-refractivity contribution is 5.80.